The van der Waals surface area contributed by atoms with Gasteiger partial charge in [-0.3, -0.25) is 5.32 Å². The Morgan fingerprint density at radius 2 is 1.97 bits per heavy atom. The number of halogens is 1. The molecule has 0 heterocycles. The minimum absolute atomic E-state index is 0.125. The number of nitrogens with one attached hydrogen (secondary N) is 1. The molecular formula is C21H19IN2O6. The molecule has 0 aliphatic heterocycles. The van der Waals surface area contributed by atoms with E-state index in [1.165, 1.54) is 24.3 Å². The third-order valence-electron chi connectivity index (χ3n) is 3.88. The summed E-state index contributed by atoms with van der Waals surface area (Å²) in [6.07, 6.45) is -0.766. The molecule has 2 rings (SSSR count). The van der Waals surface area contributed by atoms with Crippen LogP contribution >= 0.6 is 22.6 Å². The minimum Gasteiger partial charge on any atom is -0.508 e. The first kappa shape index (κ1) is 23.2. The van der Waals surface area contributed by atoms with Gasteiger partial charge in [0.15, 0.2) is 6.10 Å². The van der Waals surface area contributed by atoms with Gasteiger partial charge in [-0.05, 0) is 78.1 Å². The number of rotatable bonds is 8. The number of benzene rings is 2. The van der Waals surface area contributed by atoms with Crippen LogP contribution in [0.1, 0.15) is 24.2 Å². The van der Waals surface area contributed by atoms with Crippen LogP contribution in [0.5, 0.6) is 5.75 Å². The molecule has 2 aromatic carbocycles. The predicted octanol–water partition coefficient (Wildman–Crippen LogP) is 4.20. The van der Waals surface area contributed by atoms with E-state index in [0.29, 0.717) is 11.3 Å². The molecule has 0 aliphatic rings. The Morgan fingerprint density at radius 3 is 2.57 bits per heavy atom. The lowest BCUT2D eigenvalue weighted by Gasteiger charge is -2.26. The van der Waals surface area contributed by atoms with E-state index >= 15 is 0 Å². The van der Waals surface area contributed by atoms with Crippen molar-refractivity contribution >= 4 is 40.3 Å². The zero-order valence-electron chi connectivity index (χ0n) is 15.9. The summed E-state index contributed by atoms with van der Waals surface area (Å²) in [6, 6.07) is 12.9. The molecule has 0 bridgehead atoms. The van der Waals surface area contributed by atoms with Gasteiger partial charge in [-0.2, -0.15) is 5.26 Å². The number of carboxylic acids is 1. The number of carbonyl (C=O) groups excluding carboxylic acids is 1. The van der Waals surface area contributed by atoms with Crippen LogP contribution in [0.25, 0.3) is 0 Å². The van der Waals surface area contributed by atoms with Crippen molar-refractivity contribution < 1.29 is 29.3 Å². The molecule has 0 radical (unpaired) electrons. The molecule has 3 N–H and O–H groups in total. The van der Waals surface area contributed by atoms with Gasteiger partial charge in [-0.15, -0.1) is 0 Å². The summed E-state index contributed by atoms with van der Waals surface area (Å²) in [7, 11) is 0. The van der Waals surface area contributed by atoms with E-state index in [0.717, 1.165) is 9.65 Å². The van der Waals surface area contributed by atoms with E-state index in [1.54, 1.807) is 31.2 Å². The van der Waals surface area contributed by atoms with Crippen LogP contribution in [-0.2, 0) is 14.3 Å². The fourth-order valence-electron chi connectivity index (χ4n) is 2.56. The second-order valence-electron chi connectivity index (χ2n) is 5.96. The van der Waals surface area contributed by atoms with Gasteiger partial charge in [0, 0.05) is 27.5 Å². The van der Waals surface area contributed by atoms with Gasteiger partial charge in [0.05, 0.1) is 11.6 Å². The van der Waals surface area contributed by atoms with Crippen molar-refractivity contribution in [2.24, 2.45) is 0 Å². The van der Waals surface area contributed by atoms with Crippen molar-refractivity contribution in [1.82, 2.24) is 0 Å². The molecule has 0 spiro atoms. The summed E-state index contributed by atoms with van der Waals surface area (Å²) in [5.74, 6) is -1.31. The Bertz CT molecular complexity index is 968. The number of carbonyl (C=O) groups is 2. The molecule has 1 amide bonds. The molecule has 156 valence electrons. The van der Waals surface area contributed by atoms with Crippen LogP contribution < -0.4 is 5.32 Å². The molecule has 0 aromatic heterocycles. The first-order valence-corrected chi connectivity index (χ1v) is 9.90. The second kappa shape index (κ2) is 11.2. The van der Waals surface area contributed by atoms with Crippen LogP contribution in [0.15, 0.2) is 54.6 Å². The van der Waals surface area contributed by atoms with Crippen molar-refractivity contribution in [3.05, 3.63) is 69.3 Å². The van der Waals surface area contributed by atoms with Crippen LogP contribution in [0.4, 0.5) is 10.5 Å². The van der Waals surface area contributed by atoms with Gasteiger partial charge in [-0.25, -0.2) is 9.59 Å². The third-order valence-corrected chi connectivity index (χ3v) is 4.55. The molecule has 0 saturated heterocycles. The number of anilines is 1. The molecule has 8 nitrogen and oxygen atoms in total. The van der Waals surface area contributed by atoms with E-state index in [4.69, 9.17) is 19.8 Å². The van der Waals surface area contributed by atoms with E-state index in [9.17, 15) is 14.7 Å². The monoisotopic (exact) mass is 522 g/mol. The van der Waals surface area contributed by atoms with Gasteiger partial charge >= 0.3 is 12.1 Å². The molecule has 0 aliphatic carbocycles. The Hall–Kier alpha value is -3.10. The smallest absolute Gasteiger partial charge is 0.412 e. The number of phenolic OH excluding ortho intramolecular Hbond substituents is 1. The number of nitriles is 1. The van der Waals surface area contributed by atoms with Gasteiger partial charge in [0.2, 0.25) is 0 Å². The molecular weight excluding hydrogens is 503 g/mol. The number of ether oxygens (including phenoxy) is 2. The molecule has 9 heteroatoms. The molecule has 0 unspecified atom stereocenters. The van der Waals surface area contributed by atoms with E-state index in [2.05, 4.69) is 5.32 Å². The van der Waals surface area contributed by atoms with E-state index in [1.807, 2.05) is 28.7 Å². The van der Waals surface area contributed by atoms with Crippen LogP contribution in [-0.4, -0.2) is 35.0 Å². The Labute approximate surface area is 186 Å². The minimum atomic E-state index is -1.19. The molecule has 30 heavy (non-hydrogen) atoms. The molecule has 0 fully saturated rings. The number of aromatic hydroxyl groups is 1. The SMILES string of the molecule is CCO[C@@H](/C=C/C(=O)O)[C@@H](OC(=O)Nc1ccc(C#N)cc1)c1cc(I)ccc1O. The number of amides is 1. The van der Waals surface area contributed by atoms with Gasteiger partial charge in [0.1, 0.15) is 11.9 Å². The fourth-order valence-corrected chi connectivity index (χ4v) is 3.08. The number of hydrogen-bond acceptors (Lipinski definition) is 6. The van der Waals surface area contributed by atoms with Crippen molar-refractivity contribution in [2.45, 2.75) is 19.1 Å². The molecule has 0 saturated carbocycles. The normalized spacial score (nSPS) is 12.7. The van der Waals surface area contributed by atoms with Crippen molar-refractivity contribution in [2.75, 3.05) is 11.9 Å². The number of nitrogens with zero attached hydrogens (tertiary/aromatic N) is 1. The third kappa shape index (κ3) is 6.75. The van der Waals surface area contributed by atoms with E-state index in [-0.39, 0.29) is 17.9 Å². The highest BCUT2D eigenvalue weighted by Crippen LogP contribution is 2.33. The highest BCUT2D eigenvalue weighted by molar-refractivity contribution is 14.1. The average molecular weight is 522 g/mol. The van der Waals surface area contributed by atoms with Crippen LogP contribution in [0, 0.1) is 14.9 Å². The van der Waals surface area contributed by atoms with Crippen LogP contribution in [0.2, 0.25) is 0 Å². The average Bonchev–Trinajstić information content (AvgIpc) is 2.72. The summed E-state index contributed by atoms with van der Waals surface area (Å²) in [4.78, 5) is 23.5. The Kier molecular flexibility index (Phi) is 8.64. The molecule has 2 aromatic rings. The zero-order chi connectivity index (χ0) is 22.1. The summed E-state index contributed by atoms with van der Waals surface area (Å²) in [6.45, 7) is 1.93. The summed E-state index contributed by atoms with van der Waals surface area (Å²) < 4.78 is 11.9. The second-order valence-corrected chi connectivity index (χ2v) is 7.21. The number of phenols is 1. The maximum Gasteiger partial charge on any atom is 0.412 e. The highest BCUT2D eigenvalue weighted by Gasteiger charge is 2.29. The van der Waals surface area contributed by atoms with Gasteiger partial charge in [0.25, 0.3) is 0 Å². The van der Waals surface area contributed by atoms with Crippen molar-refractivity contribution in [3.63, 3.8) is 0 Å². The Morgan fingerprint density at radius 1 is 1.27 bits per heavy atom. The number of hydrogen-bond donors (Lipinski definition) is 3. The summed E-state index contributed by atoms with van der Waals surface area (Å²) >= 11 is 2.04. The van der Waals surface area contributed by atoms with Crippen molar-refractivity contribution in [1.29, 1.82) is 5.26 Å². The first-order valence-electron chi connectivity index (χ1n) is 8.83. The van der Waals surface area contributed by atoms with E-state index < -0.39 is 24.3 Å². The van der Waals surface area contributed by atoms with Crippen molar-refractivity contribution in [3.8, 4) is 11.8 Å². The van der Waals surface area contributed by atoms with Crippen LogP contribution in [0.3, 0.4) is 0 Å². The Balaban J connectivity index is 2.33. The number of aliphatic carboxylic acids is 1. The summed E-state index contributed by atoms with van der Waals surface area (Å²) in [5.41, 5.74) is 1.11. The van der Waals surface area contributed by atoms with Gasteiger partial charge < -0.3 is 19.7 Å². The first-order chi connectivity index (χ1) is 14.3. The quantitative estimate of drug-likeness (QED) is 0.350. The maximum absolute atomic E-state index is 12.5. The largest absolute Gasteiger partial charge is 0.508 e. The lowest BCUT2D eigenvalue weighted by atomic mass is 10.0. The predicted molar refractivity (Wildman–Crippen MR) is 117 cm³/mol. The lowest BCUT2D eigenvalue weighted by Crippen LogP contribution is -2.28. The lowest BCUT2D eigenvalue weighted by molar-refractivity contribution is -0.131. The fraction of sp³-hybridized carbons (Fsp3) is 0.190. The highest BCUT2D eigenvalue weighted by atomic mass is 127. The standard InChI is InChI=1S/C21H19IN2O6/c1-2-29-18(9-10-19(26)27)20(16-11-14(22)5-8-17(16)25)30-21(28)24-15-6-3-13(12-23)4-7-15/h3-11,18,20,25H,2H2,1H3,(H,24,28)(H,26,27)/b10-9+/t18-,20-/m0/s1. The van der Waals surface area contributed by atoms with Gasteiger partial charge in [-0.1, -0.05) is 0 Å². The zero-order valence-corrected chi connectivity index (χ0v) is 18.1. The topological polar surface area (TPSA) is 129 Å². The number of carboxylic acid groups (broad SMARTS) is 1. The summed E-state index contributed by atoms with van der Waals surface area (Å²) in [5, 5.41) is 30.7. The maximum atomic E-state index is 12.5. The molecule has 2 atom stereocenters.